The monoisotopic (exact) mass is 1350 g/mol. The molecule has 19 nitrogen and oxygen atoms in total. The van der Waals surface area contributed by atoms with Gasteiger partial charge in [-0.25, -0.2) is 0 Å². The molecule has 0 aliphatic carbocycles. The highest BCUT2D eigenvalue weighted by Gasteiger charge is 2.54. The lowest BCUT2D eigenvalue weighted by atomic mass is 9.96. The van der Waals surface area contributed by atoms with E-state index in [1.165, 1.54) is 263 Å². The highest BCUT2D eigenvalue weighted by atomic mass is 16.8. The van der Waals surface area contributed by atoms with Crippen molar-refractivity contribution in [3.05, 3.63) is 0 Å². The quantitative estimate of drug-likeness (QED) is 0.0252. The van der Waals surface area contributed by atoms with Crippen LogP contribution in [0.4, 0.5) is 0 Å². The van der Waals surface area contributed by atoms with Crippen LogP contribution in [0, 0.1) is 0 Å². The third kappa shape index (κ3) is 38.0. The van der Waals surface area contributed by atoms with E-state index in [0.717, 1.165) is 44.9 Å². The number of hydrogen-bond donors (Lipinski definition) is 12. The van der Waals surface area contributed by atoms with E-state index in [9.17, 15) is 61.0 Å². The molecule has 12 N–H and O–H groups in total. The Kier molecular flexibility index (Phi) is 53.1. The van der Waals surface area contributed by atoms with Gasteiger partial charge in [-0.1, -0.05) is 322 Å². The molecular formula is C75H145NO18. The van der Waals surface area contributed by atoms with E-state index in [-0.39, 0.29) is 18.9 Å². The van der Waals surface area contributed by atoms with Gasteiger partial charge in [0.15, 0.2) is 18.9 Å². The highest BCUT2D eigenvalue weighted by Crippen LogP contribution is 2.33. The topological polar surface area (TPSA) is 307 Å². The Morgan fingerprint density at radius 2 is 0.606 bits per heavy atom. The van der Waals surface area contributed by atoms with E-state index in [1.807, 2.05) is 0 Å². The molecule has 3 rings (SSSR count). The summed E-state index contributed by atoms with van der Waals surface area (Å²) < 4.78 is 34.4. The van der Waals surface area contributed by atoms with E-state index in [4.69, 9.17) is 28.4 Å². The SMILES string of the molecule is CCCCCCCCCCCCCCCCCCCCCCCCCCCCCCCCCCCCCCCCCCC(=O)NC(COC1OC(CO)C(OC2OC(CO)C(OC3OC(CO)C(O)C(O)C3O)C(O)C2O)C(O)C1O)C(O)CCCCCCCCCCC. The van der Waals surface area contributed by atoms with Crippen LogP contribution in [0.2, 0.25) is 0 Å². The molecule has 3 fully saturated rings. The Balaban J connectivity index is 1.23. The number of carbonyl (C=O) groups excluding carboxylic acids is 1. The van der Waals surface area contributed by atoms with E-state index in [2.05, 4.69) is 19.2 Å². The predicted octanol–water partition coefficient (Wildman–Crippen LogP) is 12.2. The van der Waals surface area contributed by atoms with E-state index < -0.39 is 124 Å². The molecule has 0 aromatic rings. The van der Waals surface area contributed by atoms with Gasteiger partial charge in [-0.05, 0) is 12.8 Å². The van der Waals surface area contributed by atoms with Gasteiger partial charge in [0.05, 0.1) is 38.6 Å². The number of aliphatic hydroxyl groups excluding tert-OH is 11. The van der Waals surface area contributed by atoms with Gasteiger partial charge in [-0.3, -0.25) is 4.79 Å². The summed E-state index contributed by atoms with van der Waals surface area (Å²) in [6, 6.07) is -0.880. The van der Waals surface area contributed by atoms with Crippen molar-refractivity contribution in [2.24, 2.45) is 0 Å². The lowest BCUT2D eigenvalue weighted by Gasteiger charge is -2.48. The maximum atomic E-state index is 13.4. The zero-order valence-corrected chi connectivity index (χ0v) is 59.5. The van der Waals surface area contributed by atoms with Crippen LogP contribution in [0.25, 0.3) is 0 Å². The van der Waals surface area contributed by atoms with Crippen molar-refractivity contribution in [3.8, 4) is 0 Å². The average molecular weight is 1350 g/mol. The zero-order chi connectivity index (χ0) is 68.2. The molecule has 3 heterocycles. The highest BCUT2D eigenvalue weighted by molar-refractivity contribution is 5.76. The third-order valence-electron chi connectivity index (χ3n) is 20.2. The first-order valence-corrected chi connectivity index (χ1v) is 39.3. The predicted molar refractivity (Wildman–Crippen MR) is 370 cm³/mol. The molecule has 94 heavy (non-hydrogen) atoms. The maximum absolute atomic E-state index is 13.4. The Morgan fingerprint density at radius 1 is 0.340 bits per heavy atom. The first kappa shape index (κ1) is 87.0. The molecule has 558 valence electrons. The van der Waals surface area contributed by atoms with Crippen LogP contribution in [0.3, 0.4) is 0 Å². The van der Waals surface area contributed by atoms with Crippen LogP contribution in [0.5, 0.6) is 0 Å². The molecular weight excluding hydrogens is 1200 g/mol. The van der Waals surface area contributed by atoms with Crippen LogP contribution < -0.4 is 5.32 Å². The minimum atomic E-state index is -1.97. The molecule has 17 unspecified atom stereocenters. The van der Waals surface area contributed by atoms with Crippen molar-refractivity contribution in [3.63, 3.8) is 0 Å². The lowest BCUT2D eigenvalue weighted by molar-refractivity contribution is -0.379. The largest absolute Gasteiger partial charge is 0.394 e. The average Bonchev–Trinajstić information content (AvgIpc) is 0.787. The van der Waals surface area contributed by atoms with Crippen molar-refractivity contribution in [2.75, 3.05) is 26.4 Å². The normalized spacial score (nSPS) is 27.3. The maximum Gasteiger partial charge on any atom is 0.220 e. The van der Waals surface area contributed by atoms with Crippen LogP contribution >= 0.6 is 0 Å². The minimum absolute atomic E-state index is 0.238. The molecule has 3 aliphatic heterocycles. The van der Waals surface area contributed by atoms with Gasteiger partial charge < -0.3 is 89.9 Å². The first-order chi connectivity index (χ1) is 45.8. The summed E-state index contributed by atoms with van der Waals surface area (Å²) in [5, 5.41) is 120. The van der Waals surface area contributed by atoms with Crippen LogP contribution in [-0.2, 0) is 33.2 Å². The fourth-order valence-electron chi connectivity index (χ4n) is 13.8. The fourth-order valence-corrected chi connectivity index (χ4v) is 13.8. The number of carbonyl (C=O) groups is 1. The number of aliphatic hydroxyl groups is 11. The third-order valence-corrected chi connectivity index (χ3v) is 20.2. The van der Waals surface area contributed by atoms with Crippen LogP contribution in [-0.4, -0.2) is 193 Å². The molecule has 19 heteroatoms. The van der Waals surface area contributed by atoms with E-state index in [1.54, 1.807) is 0 Å². The van der Waals surface area contributed by atoms with Gasteiger partial charge in [0.2, 0.25) is 5.91 Å². The standard InChI is InChI=1S/C75H145NO18/c1-3-5-7-9-11-13-14-15-16-17-18-19-20-21-22-23-24-25-26-27-28-29-30-31-32-33-34-35-36-37-38-39-40-41-42-43-45-47-49-51-53-63(81)76-58(59(80)52-50-48-46-44-12-10-8-6-4-2)57-89-73-69(87)66(84)71(61(55-78)91-73)94-75-70(88)67(85)72(62(56-79)92-75)93-74-68(86)65(83)64(82)60(54-77)90-74/h58-62,64-75,77-80,82-88H,3-57H2,1-2H3,(H,76,81). The number of amides is 1. The lowest BCUT2D eigenvalue weighted by Crippen LogP contribution is -2.66. The fraction of sp³-hybridized carbons (Fsp3) is 0.987. The number of rotatable bonds is 63. The molecule has 0 aromatic carbocycles. The molecule has 0 radical (unpaired) electrons. The number of ether oxygens (including phenoxy) is 6. The summed E-state index contributed by atoms with van der Waals surface area (Å²) in [4.78, 5) is 13.4. The van der Waals surface area contributed by atoms with E-state index >= 15 is 0 Å². The number of nitrogens with one attached hydrogen (secondary N) is 1. The van der Waals surface area contributed by atoms with Crippen molar-refractivity contribution in [1.82, 2.24) is 5.32 Å². The molecule has 0 saturated carbocycles. The summed E-state index contributed by atoms with van der Waals surface area (Å²) in [5.41, 5.74) is 0. The van der Waals surface area contributed by atoms with Gasteiger partial charge in [-0.15, -0.1) is 0 Å². The number of unbranched alkanes of at least 4 members (excludes halogenated alkanes) is 47. The summed E-state index contributed by atoms with van der Waals surface area (Å²) in [6.45, 7) is 1.80. The van der Waals surface area contributed by atoms with Crippen molar-refractivity contribution < 1.29 is 89.4 Å². The van der Waals surface area contributed by atoms with Gasteiger partial charge in [0.25, 0.3) is 0 Å². The first-order valence-electron chi connectivity index (χ1n) is 39.3. The summed E-state index contributed by atoms with van der Waals surface area (Å²) in [7, 11) is 0. The van der Waals surface area contributed by atoms with Crippen LogP contribution in [0.1, 0.15) is 341 Å². The van der Waals surface area contributed by atoms with Crippen molar-refractivity contribution in [1.29, 1.82) is 0 Å². The molecule has 0 bridgehead atoms. The zero-order valence-electron chi connectivity index (χ0n) is 59.5. The smallest absolute Gasteiger partial charge is 0.220 e. The van der Waals surface area contributed by atoms with Gasteiger partial charge in [-0.2, -0.15) is 0 Å². The number of hydrogen-bond acceptors (Lipinski definition) is 18. The second-order valence-corrected chi connectivity index (χ2v) is 28.5. The summed E-state index contributed by atoms with van der Waals surface area (Å²) in [6.07, 6.45) is 38.5. The Bertz CT molecular complexity index is 1700. The molecule has 0 spiro atoms. The summed E-state index contributed by atoms with van der Waals surface area (Å²) >= 11 is 0. The second kappa shape index (κ2) is 57.4. The Hall–Kier alpha value is -1.21. The molecule has 3 aliphatic rings. The van der Waals surface area contributed by atoms with Gasteiger partial charge in [0, 0.05) is 6.42 Å². The van der Waals surface area contributed by atoms with Gasteiger partial charge in [0.1, 0.15) is 73.2 Å². The minimum Gasteiger partial charge on any atom is -0.394 e. The molecule has 1 amide bonds. The van der Waals surface area contributed by atoms with Crippen molar-refractivity contribution >= 4 is 5.91 Å². The van der Waals surface area contributed by atoms with Crippen LogP contribution in [0.15, 0.2) is 0 Å². The Morgan fingerprint density at radius 3 is 0.926 bits per heavy atom. The van der Waals surface area contributed by atoms with E-state index in [0.29, 0.717) is 12.8 Å². The van der Waals surface area contributed by atoms with Crippen molar-refractivity contribution in [2.45, 2.75) is 446 Å². The second-order valence-electron chi connectivity index (χ2n) is 28.5. The summed E-state index contributed by atoms with van der Waals surface area (Å²) in [5.74, 6) is -0.238. The molecule has 3 saturated heterocycles. The molecule has 17 atom stereocenters. The van der Waals surface area contributed by atoms with Gasteiger partial charge >= 0.3 is 0 Å². The Labute approximate surface area is 570 Å². The molecule has 0 aromatic heterocycles.